The summed E-state index contributed by atoms with van der Waals surface area (Å²) in [4.78, 5) is 11.0. The summed E-state index contributed by atoms with van der Waals surface area (Å²) in [5.41, 5.74) is 3.37. The minimum atomic E-state index is 0.504. The second-order valence-corrected chi connectivity index (χ2v) is 6.29. The Labute approximate surface area is 154 Å². The van der Waals surface area contributed by atoms with E-state index >= 15 is 0 Å². The molecule has 0 amide bonds. The number of guanidine groups is 1. The lowest BCUT2D eigenvalue weighted by Gasteiger charge is -2.28. The third kappa shape index (κ3) is 4.76. The van der Waals surface area contributed by atoms with Crippen LogP contribution in [0.25, 0.3) is 0 Å². The van der Waals surface area contributed by atoms with Crippen molar-refractivity contribution in [2.45, 2.75) is 26.9 Å². The predicted octanol–water partition coefficient (Wildman–Crippen LogP) is 1.99. The molecule has 1 aliphatic heterocycles. The molecule has 0 atom stereocenters. The fourth-order valence-electron chi connectivity index (χ4n) is 2.83. The smallest absolute Gasteiger partial charge is 0.214 e. The van der Waals surface area contributed by atoms with Crippen LogP contribution in [-0.2, 0) is 17.8 Å². The number of aliphatic imine (C=N–C) groups is 1. The first kappa shape index (κ1) is 18.3. The lowest BCUT2D eigenvalue weighted by molar-refractivity contribution is 0.122. The molecule has 26 heavy (non-hydrogen) atoms. The van der Waals surface area contributed by atoms with Crippen molar-refractivity contribution in [2.75, 3.05) is 38.3 Å². The number of aryl methyl sites for hydroxylation is 2. The Hall–Kier alpha value is -2.54. The van der Waals surface area contributed by atoms with Gasteiger partial charge in [-0.3, -0.25) is 4.99 Å². The van der Waals surface area contributed by atoms with Crippen molar-refractivity contribution in [3.63, 3.8) is 0 Å². The quantitative estimate of drug-likeness (QED) is 0.630. The summed E-state index contributed by atoms with van der Waals surface area (Å²) in [5.74, 6) is 2.23. The molecule has 0 aliphatic carbocycles. The number of benzene rings is 1. The molecule has 7 heteroatoms. The molecule has 0 saturated carbocycles. The molecule has 1 aromatic heterocycles. The number of hydrogen-bond donors (Lipinski definition) is 2. The van der Waals surface area contributed by atoms with Crippen molar-refractivity contribution in [1.29, 1.82) is 0 Å². The monoisotopic (exact) mass is 357 g/mol. The average Bonchev–Trinajstić information content (AvgIpc) is 3.01. The van der Waals surface area contributed by atoms with Crippen molar-refractivity contribution in [3.05, 3.63) is 47.2 Å². The standard InChI is InChI=1S/C19H27N5O2/c1-14-15(2)26-18(23-14)13-22-19(20-3)21-12-16-4-6-17(7-5-16)24-8-10-25-11-9-24/h4-7H,8-13H2,1-3H3,(H2,20,21,22). The number of morpholine rings is 1. The Morgan fingerprint density at radius 2 is 1.81 bits per heavy atom. The molecule has 140 valence electrons. The third-order valence-electron chi connectivity index (χ3n) is 4.48. The van der Waals surface area contributed by atoms with Crippen LogP contribution in [0.2, 0.25) is 0 Å². The van der Waals surface area contributed by atoms with Gasteiger partial charge in [0, 0.05) is 32.4 Å². The Morgan fingerprint density at radius 3 is 2.42 bits per heavy atom. The van der Waals surface area contributed by atoms with Gasteiger partial charge in [0.15, 0.2) is 5.96 Å². The number of nitrogens with zero attached hydrogens (tertiary/aromatic N) is 3. The highest BCUT2D eigenvalue weighted by Crippen LogP contribution is 2.16. The van der Waals surface area contributed by atoms with Crippen LogP contribution in [0.4, 0.5) is 5.69 Å². The molecule has 2 heterocycles. The molecule has 1 saturated heterocycles. The third-order valence-corrected chi connectivity index (χ3v) is 4.48. The first-order valence-corrected chi connectivity index (χ1v) is 8.95. The zero-order valence-electron chi connectivity index (χ0n) is 15.7. The van der Waals surface area contributed by atoms with E-state index in [9.17, 15) is 0 Å². The molecule has 3 rings (SSSR count). The SMILES string of the molecule is CN=C(NCc1ccc(N2CCOCC2)cc1)NCc1nc(C)c(C)o1. The molecule has 1 aromatic carbocycles. The number of anilines is 1. The Bertz CT molecular complexity index is 713. The zero-order valence-corrected chi connectivity index (χ0v) is 15.7. The summed E-state index contributed by atoms with van der Waals surface area (Å²) in [6, 6.07) is 8.62. The number of aromatic nitrogens is 1. The van der Waals surface area contributed by atoms with Gasteiger partial charge in [0.1, 0.15) is 5.76 Å². The van der Waals surface area contributed by atoms with Gasteiger partial charge in [0.2, 0.25) is 5.89 Å². The van der Waals surface area contributed by atoms with Crippen molar-refractivity contribution >= 4 is 11.6 Å². The van der Waals surface area contributed by atoms with Gasteiger partial charge < -0.3 is 24.7 Å². The van der Waals surface area contributed by atoms with E-state index < -0.39 is 0 Å². The Kier molecular flexibility index (Phi) is 6.12. The molecule has 0 unspecified atom stereocenters. The zero-order chi connectivity index (χ0) is 18.4. The Morgan fingerprint density at radius 1 is 1.12 bits per heavy atom. The summed E-state index contributed by atoms with van der Waals surface area (Å²) >= 11 is 0. The highest BCUT2D eigenvalue weighted by atomic mass is 16.5. The summed E-state index contributed by atoms with van der Waals surface area (Å²) in [7, 11) is 1.75. The minimum Gasteiger partial charge on any atom is -0.444 e. The first-order valence-electron chi connectivity index (χ1n) is 8.95. The van der Waals surface area contributed by atoms with E-state index in [0.29, 0.717) is 19.0 Å². The van der Waals surface area contributed by atoms with Crippen LogP contribution in [0.5, 0.6) is 0 Å². The molecule has 1 fully saturated rings. The number of hydrogen-bond acceptors (Lipinski definition) is 5. The van der Waals surface area contributed by atoms with E-state index in [1.54, 1.807) is 7.05 Å². The fourth-order valence-corrected chi connectivity index (χ4v) is 2.83. The van der Waals surface area contributed by atoms with Gasteiger partial charge in [-0.05, 0) is 31.5 Å². The highest BCUT2D eigenvalue weighted by molar-refractivity contribution is 5.79. The van der Waals surface area contributed by atoms with Crippen LogP contribution >= 0.6 is 0 Å². The summed E-state index contributed by atoms with van der Waals surface area (Å²) in [5, 5.41) is 6.53. The molecule has 0 radical (unpaired) electrons. The van der Waals surface area contributed by atoms with Crippen LogP contribution in [0.15, 0.2) is 33.7 Å². The van der Waals surface area contributed by atoms with Gasteiger partial charge in [0.05, 0.1) is 25.5 Å². The van der Waals surface area contributed by atoms with Crippen LogP contribution in [0.1, 0.15) is 22.9 Å². The van der Waals surface area contributed by atoms with E-state index in [4.69, 9.17) is 9.15 Å². The molecule has 2 aromatic rings. The Balaban J connectivity index is 1.48. The van der Waals surface area contributed by atoms with Crippen molar-refractivity contribution in [2.24, 2.45) is 4.99 Å². The maximum atomic E-state index is 5.57. The van der Waals surface area contributed by atoms with Crippen molar-refractivity contribution in [1.82, 2.24) is 15.6 Å². The summed E-state index contributed by atoms with van der Waals surface area (Å²) in [6.45, 7) is 8.57. The number of nitrogens with one attached hydrogen (secondary N) is 2. The average molecular weight is 357 g/mol. The second-order valence-electron chi connectivity index (χ2n) is 6.29. The molecular formula is C19H27N5O2. The molecule has 1 aliphatic rings. The molecule has 2 N–H and O–H groups in total. The van der Waals surface area contributed by atoms with Crippen LogP contribution in [0.3, 0.4) is 0 Å². The molecular weight excluding hydrogens is 330 g/mol. The van der Waals surface area contributed by atoms with E-state index in [1.165, 1.54) is 11.3 Å². The van der Waals surface area contributed by atoms with Crippen molar-refractivity contribution in [3.8, 4) is 0 Å². The van der Waals surface area contributed by atoms with Crippen LogP contribution < -0.4 is 15.5 Å². The first-order chi connectivity index (χ1) is 12.7. The fraction of sp³-hybridized carbons (Fsp3) is 0.474. The topological polar surface area (TPSA) is 74.9 Å². The van der Waals surface area contributed by atoms with E-state index in [1.807, 2.05) is 13.8 Å². The van der Waals surface area contributed by atoms with Gasteiger partial charge in [-0.2, -0.15) is 0 Å². The van der Waals surface area contributed by atoms with Gasteiger partial charge in [-0.25, -0.2) is 4.98 Å². The van der Waals surface area contributed by atoms with E-state index in [2.05, 4.69) is 49.8 Å². The van der Waals surface area contributed by atoms with Crippen LogP contribution in [-0.4, -0.2) is 44.3 Å². The lowest BCUT2D eigenvalue weighted by atomic mass is 10.2. The largest absolute Gasteiger partial charge is 0.444 e. The van der Waals surface area contributed by atoms with E-state index in [0.717, 1.165) is 43.7 Å². The van der Waals surface area contributed by atoms with Gasteiger partial charge in [-0.1, -0.05) is 12.1 Å². The molecule has 0 bridgehead atoms. The van der Waals surface area contributed by atoms with Gasteiger partial charge in [-0.15, -0.1) is 0 Å². The highest BCUT2D eigenvalue weighted by Gasteiger charge is 2.11. The predicted molar refractivity (Wildman–Crippen MR) is 102 cm³/mol. The minimum absolute atomic E-state index is 0.504. The number of ether oxygens (including phenoxy) is 1. The summed E-state index contributed by atoms with van der Waals surface area (Å²) < 4.78 is 11.0. The summed E-state index contributed by atoms with van der Waals surface area (Å²) in [6.07, 6.45) is 0. The van der Waals surface area contributed by atoms with E-state index in [-0.39, 0.29) is 0 Å². The second kappa shape index (κ2) is 8.71. The normalized spacial score (nSPS) is 15.2. The van der Waals surface area contributed by atoms with Crippen molar-refractivity contribution < 1.29 is 9.15 Å². The molecule has 0 spiro atoms. The maximum Gasteiger partial charge on any atom is 0.214 e. The van der Waals surface area contributed by atoms with Gasteiger partial charge >= 0.3 is 0 Å². The van der Waals surface area contributed by atoms with Gasteiger partial charge in [0.25, 0.3) is 0 Å². The molecule has 7 nitrogen and oxygen atoms in total. The maximum absolute atomic E-state index is 5.57. The van der Waals surface area contributed by atoms with Crippen LogP contribution in [0, 0.1) is 13.8 Å². The number of oxazole rings is 1. The number of rotatable bonds is 5. The lowest BCUT2D eigenvalue weighted by Crippen LogP contribution is -2.36.